The normalized spacial score (nSPS) is 17.6. The molecule has 6 heteroatoms. The smallest absolute Gasteiger partial charge is 0.142 e. The van der Waals surface area contributed by atoms with Crippen molar-refractivity contribution in [2.45, 2.75) is 19.0 Å². The van der Waals surface area contributed by atoms with E-state index in [1.165, 1.54) is 4.88 Å². The van der Waals surface area contributed by atoms with Gasteiger partial charge in [-0.25, -0.2) is 0 Å². The zero-order valence-electron chi connectivity index (χ0n) is 10.5. The molecule has 1 unspecified atom stereocenters. The third-order valence-corrected chi connectivity index (χ3v) is 5.34. The largest absolute Gasteiger partial charge is 0.492 e. The second-order valence-corrected chi connectivity index (χ2v) is 7.97. The highest BCUT2D eigenvalue weighted by atomic mass is 79.9. The fraction of sp³-hybridized carbons (Fsp3) is 0.286. The highest BCUT2D eigenvalue weighted by Crippen LogP contribution is 2.40. The Hall–Kier alpha value is -0.260. The maximum Gasteiger partial charge on any atom is 0.142 e. The second kappa shape index (κ2) is 6.24. The molecule has 0 radical (unpaired) electrons. The molecule has 2 aromatic rings. The van der Waals surface area contributed by atoms with E-state index in [-0.39, 0.29) is 6.04 Å². The lowest BCUT2D eigenvalue weighted by molar-refractivity contribution is 0.252. The molecule has 20 heavy (non-hydrogen) atoms. The SMILES string of the molecule is Clc1cc(Cl)c2c(c1)C(NCc1ccc(Br)s1)CCO2. The Kier molecular flexibility index (Phi) is 4.58. The van der Waals surface area contributed by atoms with Crippen LogP contribution >= 0.6 is 50.5 Å². The van der Waals surface area contributed by atoms with Crippen molar-refractivity contribution in [3.05, 3.63) is 48.5 Å². The minimum Gasteiger partial charge on any atom is -0.492 e. The van der Waals surface area contributed by atoms with Crippen LogP contribution in [0.3, 0.4) is 0 Å². The summed E-state index contributed by atoms with van der Waals surface area (Å²) >= 11 is 17.5. The van der Waals surface area contributed by atoms with Gasteiger partial charge in [0, 0.05) is 34.5 Å². The van der Waals surface area contributed by atoms with Crippen molar-refractivity contribution in [2.75, 3.05) is 6.61 Å². The van der Waals surface area contributed by atoms with E-state index in [9.17, 15) is 0 Å². The molecule has 2 heterocycles. The number of rotatable bonds is 3. The average Bonchev–Trinajstić information content (AvgIpc) is 2.82. The number of nitrogens with one attached hydrogen (secondary N) is 1. The highest BCUT2D eigenvalue weighted by Gasteiger charge is 2.24. The summed E-state index contributed by atoms with van der Waals surface area (Å²) in [4.78, 5) is 1.29. The zero-order chi connectivity index (χ0) is 14.1. The van der Waals surface area contributed by atoms with Crippen molar-refractivity contribution in [3.8, 4) is 5.75 Å². The lowest BCUT2D eigenvalue weighted by Crippen LogP contribution is -2.26. The molecule has 1 N–H and O–H groups in total. The van der Waals surface area contributed by atoms with Gasteiger partial charge in [0.2, 0.25) is 0 Å². The van der Waals surface area contributed by atoms with E-state index in [1.54, 1.807) is 17.4 Å². The van der Waals surface area contributed by atoms with E-state index < -0.39 is 0 Å². The summed E-state index contributed by atoms with van der Waals surface area (Å²) in [6, 6.07) is 8.06. The summed E-state index contributed by atoms with van der Waals surface area (Å²) in [5.74, 6) is 0.757. The Morgan fingerprint density at radius 3 is 2.95 bits per heavy atom. The van der Waals surface area contributed by atoms with Crippen LogP contribution in [0.4, 0.5) is 0 Å². The maximum atomic E-state index is 6.19. The van der Waals surface area contributed by atoms with Gasteiger partial charge in [-0.2, -0.15) is 0 Å². The van der Waals surface area contributed by atoms with Crippen molar-refractivity contribution in [3.63, 3.8) is 0 Å². The van der Waals surface area contributed by atoms with Gasteiger partial charge < -0.3 is 10.1 Å². The summed E-state index contributed by atoms with van der Waals surface area (Å²) in [5, 5.41) is 4.78. The summed E-state index contributed by atoms with van der Waals surface area (Å²) < 4.78 is 6.81. The molecule has 0 bridgehead atoms. The minimum atomic E-state index is 0.218. The second-order valence-electron chi connectivity index (χ2n) is 4.58. The topological polar surface area (TPSA) is 21.3 Å². The van der Waals surface area contributed by atoms with E-state index in [0.29, 0.717) is 16.7 Å². The molecule has 0 aliphatic carbocycles. The van der Waals surface area contributed by atoms with Gasteiger partial charge in [0.15, 0.2) is 0 Å². The van der Waals surface area contributed by atoms with E-state index in [1.807, 2.05) is 6.07 Å². The lowest BCUT2D eigenvalue weighted by atomic mass is 10.0. The summed E-state index contributed by atoms with van der Waals surface area (Å²) in [5.41, 5.74) is 1.05. The number of benzene rings is 1. The van der Waals surface area contributed by atoms with Crippen LogP contribution in [0.15, 0.2) is 28.1 Å². The molecule has 106 valence electrons. The van der Waals surface area contributed by atoms with E-state index in [4.69, 9.17) is 27.9 Å². The predicted molar refractivity (Wildman–Crippen MR) is 88.2 cm³/mol. The molecule has 1 atom stereocenters. The maximum absolute atomic E-state index is 6.19. The molecule has 0 spiro atoms. The summed E-state index contributed by atoms with van der Waals surface area (Å²) in [6.07, 6.45) is 0.913. The van der Waals surface area contributed by atoms with Gasteiger partial charge in [-0.15, -0.1) is 11.3 Å². The Morgan fingerprint density at radius 1 is 1.35 bits per heavy atom. The van der Waals surface area contributed by atoms with E-state index in [2.05, 4.69) is 33.4 Å². The Bertz CT molecular complexity index is 632. The first kappa shape index (κ1) is 14.7. The fourth-order valence-corrected chi connectivity index (χ4v) is 4.31. The first-order chi connectivity index (χ1) is 9.63. The van der Waals surface area contributed by atoms with Gasteiger partial charge in [-0.3, -0.25) is 0 Å². The fourth-order valence-electron chi connectivity index (χ4n) is 2.31. The molecule has 1 aliphatic heterocycles. The van der Waals surface area contributed by atoms with Gasteiger partial charge in [0.25, 0.3) is 0 Å². The Morgan fingerprint density at radius 2 is 2.20 bits per heavy atom. The molecule has 0 saturated heterocycles. The number of fused-ring (bicyclic) bond motifs is 1. The lowest BCUT2D eigenvalue weighted by Gasteiger charge is -2.27. The molecule has 1 aromatic heterocycles. The van der Waals surface area contributed by atoms with Gasteiger partial charge in [-0.1, -0.05) is 23.2 Å². The third-order valence-electron chi connectivity index (χ3n) is 3.22. The van der Waals surface area contributed by atoms with Crippen LogP contribution in [0.5, 0.6) is 5.75 Å². The molecule has 1 aliphatic rings. The number of hydrogen-bond acceptors (Lipinski definition) is 3. The molecule has 3 rings (SSSR count). The van der Waals surface area contributed by atoms with Crippen molar-refractivity contribution in [1.82, 2.24) is 5.32 Å². The van der Waals surface area contributed by atoms with Crippen LogP contribution in [0.1, 0.15) is 22.9 Å². The van der Waals surface area contributed by atoms with Crippen LogP contribution in [-0.2, 0) is 6.54 Å². The van der Waals surface area contributed by atoms with Gasteiger partial charge >= 0.3 is 0 Å². The minimum absolute atomic E-state index is 0.218. The molecule has 0 amide bonds. The van der Waals surface area contributed by atoms with Crippen LogP contribution in [0.2, 0.25) is 10.0 Å². The standard InChI is InChI=1S/C14H12BrCl2NOS/c15-13-2-1-9(20-13)7-18-12-3-4-19-14-10(12)5-8(16)6-11(14)17/h1-2,5-6,12,18H,3-4,7H2. The molecular formula is C14H12BrCl2NOS. The van der Waals surface area contributed by atoms with Crippen LogP contribution in [0.25, 0.3) is 0 Å². The third kappa shape index (κ3) is 3.15. The van der Waals surface area contributed by atoms with E-state index >= 15 is 0 Å². The average molecular weight is 393 g/mol. The Labute approximate surface area is 140 Å². The van der Waals surface area contributed by atoms with Gasteiger partial charge in [0.1, 0.15) is 5.75 Å². The highest BCUT2D eigenvalue weighted by molar-refractivity contribution is 9.11. The number of thiophene rings is 1. The van der Waals surface area contributed by atoms with Crippen LogP contribution in [0, 0.1) is 0 Å². The first-order valence-electron chi connectivity index (χ1n) is 6.23. The van der Waals surface area contributed by atoms with Gasteiger partial charge in [-0.05, 0) is 40.2 Å². The molecule has 0 fully saturated rings. The van der Waals surface area contributed by atoms with Gasteiger partial charge in [0.05, 0.1) is 15.4 Å². The monoisotopic (exact) mass is 391 g/mol. The summed E-state index contributed by atoms with van der Waals surface area (Å²) in [6.45, 7) is 1.49. The van der Waals surface area contributed by atoms with Crippen LogP contribution in [-0.4, -0.2) is 6.61 Å². The van der Waals surface area contributed by atoms with E-state index in [0.717, 1.165) is 28.1 Å². The van der Waals surface area contributed by atoms with Crippen molar-refractivity contribution in [2.24, 2.45) is 0 Å². The van der Waals surface area contributed by atoms with Crippen molar-refractivity contribution in [1.29, 1.82) is 0 Å². The molecule has 2 nitrogen and oxygen atoms in total. The first-order valence-corrected chi connectivity index (χ1v) is 8.59. The molecule has 1 aromatic carbocycles. The quantitative estimate of drug-likeness (QED) is 0.751. The molecule has 0 saturated carbocycles. The van der Waals surface area contributed by atoms with Crippen LogP contribution < -0.4 is 10.1 Å². The molecular weight excluding hydrogens is 381 g/mol. The predicted octanol–water partition coefficient (Wildman–Crippen LogP) is 5.43. The zero-order valence-corrected chi connectivity index (χ0v) is 14.4. The number of ether oxygens (including phenoxy) is 1. The van der Waals surface area contributed by atoms with Crippen molar-refractivity contribution < 1.29 is 4.74 Å². The number of hydrogen-bond donors (Lipinski definition) is 1. The Balaban J connectivity index is 1.79. The van der Waals surface area contributed by atoms with Crippen molar-refractivity contribution >= 4 is 50.5 Å². The number of halogens is 3. The summed E-state index contributed by atoms with van der Waals surface area (Å²) in [7, 11) is 0.